The van der Waals surface area contributed by atoms with Gasteiger partial charge in [0.25, 0.3) is 0 Å². The maximum absolute atomic E-state index is 6.85. The molecule has 0 fully saturated rings. The molecule has 0 rings (SSSR count). The van der Waals surface area contributed by atoms with E-state index in [-0.39, 0.29) is 0 Å². The van der Waals surface area contributed by atoms with Crippen molar-refractivity contribution in [3.63, 3.8) is 0 Å². The van der Waals surface area contributed by atoms with Gasteiger partial charge >= 0.3 is 0 Å². The molecular weight excluding hydrogens is 102 g/mol. The fraction of sp³-hybridized carbons (Fsp3) is 0.833. The predicted molar refractivity (Wildman–Crippen MR) is 34.3 cm³/mol. The molecule has 0 amide bonds. The Balaban J connectivity index is 2.82. The summed E-state index contributed by atoms with van der Waals surface area (Å²) in [7, 11) is 0. The van der Waals surface area contributed by atoms with Gasteiger partial charge < -0.3 is 4.74 Å². The van der Waals surface area contributed by atoms with Crippen LogP contribution in [0.1, 0.15) is 26.7 Å². The normalized spacial score (nSPS) is 8.75. The van der Waals surface area contributed by atoms with Gasteiger partial charge in [0.2, 0.25) is 0 Å². The molecule has 2 nitrogen and oxygen atoms in total. The zero-order valence-corrected chi connectivity index (χ0v) is 5.53. The summed E-state index contributed by atoms with van der Waals surface area (Å²) < 4.78 is 4.87. The molecule has 8 heavy (non-hydrogen) atoms. The monoisotopic (exact) mass is 115 g/mol. The molecular formula is C6H13NO. The minimum Gasteiger partial charge on any atom is -0.481 e. The highest BCUT2D eigenvalue weighted by Gasteiger charge is 1.84. The van der Waals surface area contributed by atoms with Gasteiger partial charge in [0.15, 0.2) is 5.90 Å². The van der Waals surface area contributed by atoms with Gasteiger partial charge in [-0.3, -0.25) is 5.41 Å². The fourth-order valence-corrected chi connectivity index (χ4v) is 0.370. The average Bonchev–Trinajstić information content (AvgIpc) is 1.66. The molecule has 1 N–H and O–H groups in total. The number of ether oxygens (including phenoxy) is 1. The number of hydrogen-bond donors (Lipinski definition) is 1. The van der Waals surface area contributed by atoms with E-state index in [0.29, 0.717) is 12.5 Å². The number of nitrogens with one attached hydrogen (secondary N) is 1. The summed E-state index contributed by atoms with van der Waals surface area (Å²) >= 11 is 0. The van der Waals surface area contributed by atoms with Crippen LogP contribution in [0.15, 0.2) is 0 Å². The first-order chi connectivity index (χ1) is 3.77. The molecule has 0 radical (unpaired) electrons. The zero-order valence-electron chi connectivity index (χ0n) is 5.53. The standard InChI is InChI=1S/C6H13NO/c1-3-4-5-8-6(2)7/h7H,3-5H2,1-2H3. The van der Waals surface area contributed by atoms with Gasteiger partial charge in [0, 0.05) is 6.92 Å². The lowest BCUT2D eigenvalue weighted by atomic mass is 10.4. The second-order valence-corrected chi connectivity index (χ2v) is 1.76. The van der Waals surface area contributed by atoms with E-state index < -0.39 is 0 Å². The Bertz CT molecular complexity index is 70.9. The Morgan fingerprint density at radius 3 is 2.62 bits per heavy atom. The summed E-state index contributed by atoms with van der Waals surface area (Å²) in [5.74, 6) is 0.318. The molecule has 0 aliphatic heterocycles. The highest BCUT2D eigenvalue weighted by Crippen LogP contribution is 1.87. The molecule has 48 valence electrons. The Morgan fingerprint density at radius 1 is 1.62 bits per heavy atom. The van der Waals surface area contributed by atoms with Crippen LogP contribution in [-0.4, -0.2) is 12.5 Å². The molecule has 0 atom stereocenters. The van der Waals surface area contributed by atoms with Crippen molar-refractivity contribution in [3.8, 4) is 0 Å². The Hall–Kier alpha value is -0.530. The maximum atomic E-state index is 6.85. The number of unbranched alkanes of at least 4 members (excludes halogenated alkanes) is 1. The molecule has 2 heteroatoms. The smallest absolute Gasteiger partial charge is 0.177 e. The third-order valence-corrected chi connectivity index (χ3v) is 0.816. The third kappa shape index (κ3) is 5.47. The average molecular weight is 115 g/mol. The van der Waals surface area contributed by atoms with Gasteiger partial charge in [0.1, 0.15) is 0 Å². The molecule has 0 saturated heterocycles. The van der Waals surface area contributed by atoms with Gasteiger partial charge in [-0.1, -0.05) is 13.3 Å². The minimum absolute atomic E-state index is 0.318. The molecule has 0 bridgehead atoms. The van der Waals surface area contributed by atoms with Crippen molar-refractivity contribution in [2.75, 3.05) is 6.61 Å². The van der Waals surface area contributed by atoms with Crippen molar-refractivity contribution in [1.82, 2.24) is 0 Å². The molecule has 0 aromatic heterocycles. The molecule has 0 spiro atoms. The van der Waals surface area contributed by atoms with E-state index >= 15 is 0 Å². The van der Waals surface area contributed by atoms with Gasteiger partial charge in [-0.2, -0.15) is 0 Å². The van der Waals surface area contributed by atoms with Crippen molar-refractivity contribution >= 4 is 5.90 Å². The summed E-state index contributed by atoms with van der Waals surface area (Å²) in [5, 5.41) is 6.85. The fourth-order valence-electron chi connectivity index (χ4n) is 0.370. The van der Waals surface area contributed by atoms with E-state index in [4.69, 9.17) is 10.1 Å². The largest absolute Gasteiger partial charge is 0.481 e. The van der Waals surface area contributed by atoms with Crippen LogP contribution in [0.3, 0.4) is 0 Å². The van der Waals surface area contributed by atoms with Crippen LogP contribution in [0.2, 0.25) is 0 Å². The van der Waals surface area contributed by atoms with E-state index in [2.05, 4.69) is 6.92 Å². The second kappa shape index (κ2) is 4.62. The topological polar surface area (TPSA) is 33.1 Å². The van der Waals surface area contributed by atoms with E-state index in [0.717, 1.165) is 12.8 Å². The van der Waals surface area contributed by atoms with Gasteiger partial charge in [-0.15, -0.1) is 0 Å². The van der Waals surface area contributed by atoms with Crippen molar-refractivity contribution in [1.29, 1.82) is 5.41 Å². The van der Waals surface area contributed by atoms with Crippen molar-refractivity contribution < 1.29 is 4.74 Å². The number of hydrogen-bond acceptors (Lipinski definition) is 2. The molecule has 0 aliphatic carbocycles. The van der Waals surface area contributed by atoms with Gasteiger partial charge in [0.05, 0.1) is 6.61 Å². The van der Waals surface area contributed by atoms with Gasteiger partial charge in [-0.05, 0) is 6.42 Å². The summed E-state index contributed by atoms with van der Waals surface area (Å²) in [6.07, 6.45) is 2.18. The molecule has 0 saturated carbocycles. The quantitative estimate of drug-likeness (QED) is 0.339. The van der Waals surface area contributed by atoms with Crippen LogP contribution in [0.25, 0.3) is 0 Å². The highest BCUT2D eigenvalue weighted by molar-refractivity contribution is 5.69. The van der Waals surface area contributed by atoms with Crippen LogP contribution in [0.4, 0.5) is 0 Å². The first kappa shape index (κ1) is 7.47. The maximum Gasteiger partial charge on any atom is 0.177 e. The molecule has 0 heterocycles. The van der Waals surface area contributed by atoms with E-state index in [1.165, 1.54) is 0 Å². The van der Waals surface area contributed by atoms with Crippen LogP contribution >= 0.6 is 0 Å². The summed E-state index contributed by atoms with van der Waals surface area (Å²) in [6, 6.07) is 0. The van der Waals surface area contributed by atoms with Crippen molar-refractivity contribution in [2.24, 2.45) is 0 Å². The third-order valence-electron chi connectivity index (χ3n) is 0.816. The molecule has 0 aromatic rings. The molecule has 0 aromatic carbocycles. The van der Waals surface area contributed by atoms with Crippen molar-refractivity contribution in [3.05, 3.63) is 0 Å². The van der Waals surface area contributed by atoms with E-state index in [9.17, 15) is 0 Å². The highest BCUT2D eigenvalue weighted by atomic mass is 16.5. The Labute approximate surface area is 50.4 Å². The predicted octanol–water partition coefficient (Wildman–Crippen LogP) is 1.80. The van der Waals surface area contributed by atoms with E-state index in [1.54, 1.807) is 6.92 Å². The first-order valence-corrected chi connectivity index (χ1v) is 2.95. The van der Waals surface area contributed by atoms with Crippen LogP contribution in [0.5, 0.6) is 0 Å². The van der Waals surface area contributed by atoms with Crippen LogP contribution in [-0.2, 0) is 4.74 Å². The number of rotatable bonds is 3. The van der Waals surface area contributed by atoms with Crippen LogP contribution < -0.4 is 0 Å². The summed E-state index contributed by atoms with van der Waals surface area (Å²) in [4.78, 5) is 0. The SMILES string of the molecule is CCCCOC(C)=N. The first-order valence-electron chi connectivity index (χ1n) is 2.95. The van der Waals surface area contributed by atoms with Crippen molar-refractivity contribution in [2.45, 2.75) is 26.7 Å². The summed E-state index contributed by atoms with van der Waals surface area (Å²) in [5.41, 5.74) is 0. The van der Waals surface area contributed by atoms with E-state index in [1.807, 2.05) is 0 Å². The zero-order chi connectivity index (χ0) is 6.41. The molecule has 0 unspecified atom stereocenters. The lowest BCUT2D eigenvalue weighted by molar-refractivity contribution is 0.291. The molecule has 0 aliphatic rings. The lowest BCUT2D eigenvalue weighted by Crippen LogP contribution is -1.98. The van der Waals surface area contributed by atoms with Gasteiger partial charge in [-0.25, -0.2) is 0 Å². The second-order valence-electron chi connectivity index (χ2n) is 1.76. The Kier molecular flexibility index (Phi) is 4.32. The minimum atomic E-state index is 0.318. The summed E-state index contributed by atoms with van der Waals surface area (Å²) in [6.45, 7) is 4.45. The van der Waals surface area contributed by atoms with Crippen LogP contribution in [0, 0.1) is 5.41 Å². The lowest BCUT2D eigenvalue weighted by Gasteiger charge is -1.99. The Morgan fingerprint density at radius 2 is 2.25 bits per heavy atom.